The van der Waals surface area contributed by atoms with Crippen LogP contribution in [0.4, 0.5) is 0 Å². The molecule has 6 rings (SSSR count). The van der Waals surface area contributed by atoms with Crippen LogP contribution in [0.2, 0.25) is 0 Å². The van der Waals surface area contributed by atoms with Crippen LogP contribution < -0.4 is 0 Å². The van der Waals surface area contributed by atoms with Gasteiger partial charge in [0.15, 0.2) is 0 Å². The topological polar surface area (TPSA) is 125 Å². The molecule has 5 saturated carbocycles. The Bertz CT molecular complexity index is 691. The lowest BCUT2D eigenvalue weighted by molar-refractivity contribution is -0.340. The average molecular weight is 367 g/mol. The van der Waals surface area contributed by atoms with Gasteiger partial charge in [-0.05, 0) is 30.6 Å². The van der Waals surface area contributed by atoms with Crippen molar-refractivity contribution in [3.63, 3.8) is 0 Å². The van der Waals surface area contributed by atoms with Crippen LogP contribution in [0.15, 0.2) is 0 Å². The molecule has 7 nitrogen and oxygen atoms in total. The molecule has 6 fully saturated rings. The molecule has 1 aliphatic heterocycles. The minimum absolute atomic E-state index is 0.0622. The van der Waals surface area contributed by atoms with E-state index in [-0.39, 0.29) is 29.6 Å². The summed E-state index contributed by atoms with van der Waals surface area (Å²) in [6.45, 7) is 2.44. The molecule has 26 heavy (non-hydrogen) atoms. The van der Waals surface area contributed by atoms with Crippen LogP contribution in [0.3, 0.4) is 0 Å². The molecule has 1 spiro atoms. The fourth-order valence-electron chi connectivity index (χ4n) is 9.49. The molecule has 0 aromatic rings. The van der Waals surface area contributed by atoms with E-state index >= 15 is 0 Å². The van der Waals surface area contributed by atoms with Crippen molar-refractivity contribution in [2.45, 2.75) is 74.6 Å². The summed E-state index contributed by atoms with van der Waals surface area (Å²) in [4.78, 5) is 0. The Morgan fingerprint density at radius 1 is 1.08 bits per heavy atom. The lowest BCUT2D eigenvalue weighted by atomic mass is 9.44. The first kappa shape index (κ1) is 16.7. The van der Waals surface area contributed by atoms with Crippen molar-refractivity contribution in [2.24, 2.45) is 34.5 Å². The van der Waals surface area contributed by atoms with E-state index in [0.29, 0.717) is 13.0 Å². The highest BCUT2D eigenvalue weighted by Gasteiger charge is 2.89. The number of piperidine rings is 1. The van der Waals surface area contributed by atoms with Gasteiger partial charge in [-0.15, -0.1) is 0 Å². The van der Waals surface area contributed by atoms with E-state index in [9.17, 15) is 30.7 Å². The number of nitrogens with zero attached hydrogens (tertiary/aromatic N) is 1. The standard InChI is InChI=1S/C19H29NO6/c1-16-3-2-4-17-9-5-8-10(21)6-18(24,11(9)12(8)22)19(25,14(23)13(16)17)15(17)20(26)7-16/h8-15,21-26H,2-7H2,1H3/t8-,9-,10?,11-,12?,13-,14?,15+,16+,17-,18-,19-/m1/s1. The number of aliphatic hydroxyl groups is 5. The summed E-state index contributed by atoms with van der Waals surface area (Å²) < 4.78 is 0. The molecule has 0 amide bonds. The van der Waals surface area contributed by atoms with E-state index in [1.807, 2.05) is 0 Å². The van der Waals surface area contributed by atoms with Crippen molar-refractivity contribution in [1.29, 1.82) is 0 Å². The number of hydrogen-bond donors (Lipinski definition) is 6. The van der Waals surface area contributed by atoms with Gasteiger partial charge in [0.25, 0.3) is 0 Å². The van der Waals surface area contributed by atoms with Crippen molar-refractivity contribution >= 4 is 0 Å². The Morgan fingerprint density at radius 3 is 2.54 bits per heavy atom. The minimum atomic E-state index is -1.95. The third-order valence-electron chi connectivity index (χ3n) is 9.92. The summed E-state index contributed by atoms with van der Waals surface area (Å²) in [6.07, 6.45) is 0.116. The van der Waals surface area contributed by atoms with Gasteiger partial charge in [-0.25, -0.2) is 0 Å². The second-order valence-corrected chi connectivity index (χ2v) is 10.6. The fourth-order valence-corrected chi connectivity index (χ4v) is 9.49. The normalized spacial score (nSPS) is 71.2. The summed E-state index contributed by atoms with van der Waals surface area (Å²) in [5.41, 5.74) is -4.63. The van der Waals surface area contributed by atoms with Crippen LogP contribution in [0.5, 0.6) is 0 Å². The summed E-state index contributed by atoms with van der Waals surface area (Å²) in [5.74, 6) is -1.21. The highest BCUT2D eigenvalue weighted by molar-refractivity contribution is 5.38. The molecule has 7 bridgehead atoms. The van der Waals surface area contributed by atoms with Crippen molar-refractivity contribution in [1.82, 2.24) is 5.06 Å². The van der Waals surface area contributed by atoms with Crippen LogP contribution in [-0.2, 0) is 0 Å². The van der Waals surface area contributed by atoms with Gasteiger partial charge in [0, 0.05) is 36.1 Å². The van der Waals surface area contributed by atoms with Crippen molar-refractivity contribution in [3.8, 4) is 0 Å². The third-order valence-corrected chi connectivity index (χ3v) is 9.92. The maximum atomic E-state index is 11.9. The zero-order valence-corrected chi connectivity index (χ0v) is 15.0. The minimum Gasteiger partial charge on any atom is -0.393 e. The molecule has 1 heterocycles. The molecule has 146 valence electrons. The molecular weight excluding hydrogens is 338 g/mol. The molecule has 6 N–H and O–H groups in total. The van der Waals surface area contributed by atoms with Crippen LogP contribution >= 0.6 is 0 Å². The maximum absolute atomic E-state index is 11.9. The van der Waals surface area contributed by atoms with E-state index in [2.05, 4.69) is 6.92 Å². The first-order valence-corrected chi connectivity index (χ1v) is 10.1. The first-order chi connectivity index (χ1) is 12.1. The first-order valence-electron chi connectivity index (χ1n) is 10.1. The average Bonchev–Trinajstić information content (AvgIpc) is 2.91. The Kier molecular flexibility index (Phi) is 2.77. The molecule has 0 aromatic heterocycles. The quantitative estimate of drug-likeness (QED) is 0.327. The van der Waals surface area contributed by atoms with Gasteiger partial charge >= 0.3 is 0 Å². The molecule has 0 aromatic carbocycles. The molecule has 0 radical (unpaired) electrons. The van der Waals surface area contributed by atoms with Crippen LogP contribution in [-0.4, -0.2) is 77.9 Å². The lowest BCUT2D eigenvalue weighted by Crippen LogP contribution is -2.79. The molecule has 1 saturated heterocycles. The van der Waals surface area contributed by atoms with E-state index < -0.39 is 46.9 Å². The van der Waals surface area contributed by atoms with E-state index in [1.165, 1.54) is 5.06 Å². The Balaban J connectivity index is 1.67. The Hall–Kier alpha value is -0.280. The molecule has 12 atom stereocenters. The number of hydrogen-bond acceptors (Lipinski definition) is 7. The largest absolute Gasteiger partial charge is 0.393 e. The maximum Gasteiger partial charge on any atom is 0.138 e. The highest BCUT2D eigenvalue weighted by Crippen LogP contribution is 2.79. The highest BCUT2D eigenvalue weighted by atomic mass is 16.5. The molecule has 5 aliphatic carbocycles. The number of rotatable bonds is 0. The molecular formula is C19H29NO6. The fraction of sp³-hybridized carbons (Fsp3) is 1.00. The SMILES string of the molecule is C[C@@]12CCC[C@@]34[C@@H]5C[C@@H]6C(O)C[C@@](O)([C@H]5C6O)[C@@](O)(C(O)[C@H]13)[C@H]4N(O)C2. The smallest absolute Gasteiger partial charge is 0.138 e. The summed E-state index contributed by atoms with van der Waals surface area (Å²) >= 11 is 0. The van der Waals surface area contributed by atoms with E-state index in [1.54, 1.807) is 0 Å². The number of fused-ring (bicyclic) bond motifs is 2. The van der Waals surface area contributed by atoms with Crippen LogP contribution in [0.25, 0.3) is 0 Å². The second kappa shape index (κ2) is 4.32. The number of hydroxylamine groups is 2. The zero-order chi connectivity index (χ0) is 18.4. The summed E-state index contributed by atoms with van der Waals surface area (Å²) in [5, 5.41) is 68.7. The van der Waals surface area contributed by atoms with Crippen molar-refractivity contribution in [3.05, 3.63) is 0 Å². The van der Waals surface area contributed by atoms with Gasteiger partial charge < -0.3 is 30.7 Å². The zero-order valence-electron chi connectivity index (χ0n) is 15.0. The van der Waals surface area contributed by atoms with Gasteiger partial charge in [0.1, 0.15) is 11.2 Å². The van der Waals surface area contributed by atoms with Crippen LogP contribution in [0, 0.1) is 34.5 Å². The predicted molar refractivity (Wildman–Crippen MR) is 87.8 cm³/mol. The lowest BCUT2D eigenvalue weighted by Gasteiger charge is -2.67. The second-order valence-electron chi connectivity index (χ2n) is 10.6. The molecule has 3 unspecified atom stereocenters. The Morgan fingerprint density at radius 2 is 1.81 bits per heavy atom. The van der Waals surface area contributed by atoms with Gasteiger partial charge in [0.2, 0.25) is 0 Å². The van der Waals surface area contributed by atoms with Crippen molar-refractivity contribution < 1.29 is 30.7 Å². The summed E-state index contributed by atoms with van der Waals surface area (Å²) in [6, 6.07) is -0.758. The number of aliphatic hydroxyl groups excluding tert-OH is 3. The monoisotopic (exact) mass is 367 g/mol. The molecule has 7 heteroatoms. The van der Waals surface area contributed by atoms with Gasteiger partial charge in [0.05, 0.1) is 24.4 Å². The van der Waals surface area contributed by atoms with E-state index in [4.69, 9.17) is 0 Å². The molecule has 6 aliphatic rings. The summed E-state index contributed by atoms with van der Waals surface area (Å²) in [7, 11) is 0. The van der Waals surface area contributed by atoms with Crippen LogP contribution in [0.1, 0.15) is 39.0 Å². The van der Waals surface area contributed by atoms with Gasteiger partial charge in [-0.2, -0.15) is 5.06 Å². The predicted octanol–water partition coefficient (Wildman–Crippen LogP) is -0.919. The van der Waals surface area contributed by atoms with Gasteiger partial charge in [-0.3, -0.25) is 0 Å². The Labute approximate surface area is 152 Å². The van der Waals surface area contributed by atoms with E-state index in [0.717, 1.165) is 19.3 Å². The third kappa shape index (κ3) is 1.31. The van der Waals surface area contributed by atoms with Crippen molar-refractivity contribution in [2.75, 3.05) is 6.54 Å². The van der Waals surface area contributed by atoms with Gasteiger partial charge in [-0.1, -0.05) is 13.3 Å².